The summed E-state index contributed by atoms with van der Waals surface area (Å²) in [5.41, 5.74) is 1.63. The van der Waals surface area contributed by atoms with Crippen LogP contribution in [0.15, 0.2) is 27.5 Å². The van der Waals surface area contributed by atoms with E-state index >= 15 is 0 Å². The Hall–Kier alpha value is -1.11. The van der Waals surface area contributed by atoms with Gasteiger partial charge in [0.25, 0.3) is 0 Å². The fourth-order valence-corrected chi connectivity index (χ4v) is 1.77. The number of hydrogen-bond donors (Lipinski definition) is 0. The summed E-state index contributed by atoms with van der Waals surface area (Å²) >= 11 is 1.94. The number of halogens is 1. The summed E-state index contributed by atoms with van der Waals surface area (Å²) in [6.45, 7) is 6.10. The van der Waals surface area contributed by atoms with Gasteiger partial charge in [-0.3, -0.25) is 0 Å². The molecule has 4 nitrogen and oxygen atoms in total. The van der Waals surface area contributed by atoms with Crippen molar-refractivity contribution in [3.05, 3.63) is 35.4 Å². The summed E-state index contributed by atoms with van der Waals surface area (Å²) in [5, 5.41) is 0. The number of hydrogen-bond acceptors (Lipinski definition) is 3. The normalized spacial score (nSPS) is 11.6. The average molecular weight is 374 g/mol. The lowest BCUT2D eigenvalue weighted by atomic mass is 10.1. The van der Waals surface area contributed by atoms with Crippen LogP contribution in [0.3, 0.4) is 0 Å². The second-order valence-electron chi connectivity index (χ2n) is 5.30. The number of rotatable bonds is 3. The van der Waals surface area contributed by atoms with Gasteiger partial charge in [0.2, 0.25) is 0 Å². The Labute approximate surface area is 128 Å². The minimum atomic E-state index is -0.466. The van der Waals surface area contributed by atoms with Gasteiger partial charge in [0, 0.05) is 19.8 Å². The summed E-state index contributed by atoms with van der Waals surface area (Å²) in [4.78, 5) is 13.4. The first-order chi connectivity index (χ1) is 8.81. The first-order valence-electron chi connectivity index (χ1n) is 5.99. The second kappa shape index (κ2) is 6.88. The van der Waals surface area contributed by atoms with E-state index in [-0.39, 0.29) is 6.09 Å². The van der Waals surface area contributed by atoms with Crippen molar-refractivity contribution >= 4 is 35.2 Å². The van der Waals surface area contributed by atoms with Crippen molar-refractivity contribution in [3.8, 4) is 0 Å². The van der Waals surface area contributed by atoms with Gasteiger partial charge in [0.05, 0.1) is 22.9 Å². The summed E-state index contributed by atoms with van der Waals surface area (Å²) in [6, 6.07) is 7.91. The Bertz CT molecular complexity index is 450. The molecular formula is C14H19IN2O2. The van der Waals surface area contributed by atoms with E-state index < -0.39 is 5.60 Å². The molecule has 0 aromatic heterocycles. The highest BCUT2D eigenvalue weighted by Gasteiger charge is 2.19. The van der Waals surface area contributed by atoms with Crippen LogP contribution < -0.4 is 0 Å². The molecule has 0 aliphatic heterocycles. The lowest BCUT2D eigenvalue weighted by molar-refractivity contribution is 0.0285. The van der Waals surface area contributed by atoms with Gasteiger partial charge in [0.15, 0.2) is 0 Å². The highest BCUT2D eigenvalue weighted by atomic mass is 127. The van der Waals surface area contributed by atoms with E-state index in [1.807, 2.05) is 67.9 Å². The molecule has 0 bridgehead atoms. The lowest BCUT2D eigenvalue weighted by Crippen LogP contribution is -2.33. The van der Waals surface area contributed by atoms with Gasteiger partial charge in [-0.15, -0.1) is 0 Å². The minimum Gasteiger partial charge on any atom is -0.444 e. The molecule has 1 rings (SSSR count). The van der Waals surface area contributed by atoms with Crippen LogP contribution in [0.2, 0.25) is 0 Å². The van der Waals surface area contributed by atoms with E-state index in [0.29, 0.717) is 6.54 Å². The summed E-state index contributed by atoms with van der Waals surface area (Å²) in [5.74, 6) is 0. The Morgan fingerprint density at radius 3 is 2.42 bits per heavy atom. The standard InChI is InChI=1S/C14H19IN2O2/c1-14(2,3)19-13(18)17(4)10-12-7-5-11(6-8-12)9-16-15/h5-9H,10H2,1-4H3. The predicted octanol–water partition coefficient (Wildman–Crippen LogP) is 3.82. The third-order valence-corrected chi connectivity index (χ3v) is 2.58. The number of carbonyl (C=O) groups is 1. The molecule has 19 heavy (non-hydrogen) atoms. The van der Waals surface area contributed by atoms with Gasteiger partial charge >= 0.3 is 6.09 Å². The summed E-state index contributed by atoms with van der Waals surface area (Å²) in [6.07, 6.45) is 1.47. The molecule has 0 aliphatic rings. The minimum absolute atomic E-state index is 0.314. The molecule has 0 N–H and O–H groups in total. The van der Waals surface area contributed by atoms with Crippen LogP contribution in [0, 0.1) is 0 Å². The van der Waals surface area contributed by atoms with Gasteiger partial charge in [-0.25, -0.2) is 8.00 Å². The lowest BCUT2D eigenvalue weighted by Gasteiger charge is -2.24. The molecule has 5 heteroatoms. The van der Waals surface area contributed by atoms with E-state index in [2.05, 4.69) is 3.21 Å². The highest BCUT2D eigenvalue weighted by Crippen LogP contribution is 2.11. The summed E-state index contributed by atoms with van der Waals surface area (Å²) in [7, 11) is 1.73. The van der Waals surface area contributed by atoms with E-state index in [1.54, 1.807) is 18.2 Å². The predicted molar refractivity (Wildman–Crippen MR) is 85.8 cm³/mol. The van der Waals surface area contributed by atoms with Gasteiger partial charge < -0.3 is 9.64 Å². The van der Waals surface area contributed by atoms with Gasteiger partial charge in [-0.1, -0.05) is 24.3 Å². The molecule has 1 aromatic rings. The number of amides is 1. The van der Waals surface area contributed by atoms with Crippen molar-refractivity contribution in [2.45, 2.75) is 32.9 Å². The van der Waals surface area contributed by atoms with Crippen LogP contribution in [0.4, 0.5) is 4.79 Å². The SMILES string of the molecule is CN(Cc1ccc(C=NI)cc1)C(=O)OC(C)(C)C. The molecule has 0 atom stereocenters. The smallest absolute Gasteiger partial charge is 0.410 e. The molecule has 0 fully saturated rings. The first kappa shape index (κ1) is 15.9. The van der Waals surface area contributed by atoms with E-state index in [0.717, 1.165) is 11.1 Å². The molecule has 0 aliphatic carbocycles. The van der Waals surface area contributed by atoms with Crippen molar-refractivity contribution in [3.63, 3.8) is 0 Å². The third-order valence-electron chi connectivity index (χ3n) is 2.30. The zero-order valence-corrected chi connectivity index (χ0v) is 13.8. The van der Waals surface area contributed by atoms with Crippen molar-refractivity contribution in [1.82, 2.24) is 4.90 Å². The topological polar surface area (TPSA) is 41.9 Å². The number of carbonyl (C=O) groups excluding carboxylic acids is 1. The van der Waals surface area contributed by atoms with Crippen LogP contribution >= 0.6 is 22.9 Å². The van der Waals surface area contributed by atoms with Crippen molar-refractivity contribution in [2.24, 2.45) is 3.21 Å². The number of nitrogens with zero attached hydrogens (tertiary/aromatic N) is 2. The van der Waals surface area contributed by atoms with E-state index in [1.165, 1.54) is 0 Å². The second-order valence-corrected chi connectivity index (χ2v) is 5.86. The fourth-order valence-electron chi connectivity index (χ4n) is 1.44. The maximum atomic E-state index is 11.8. The average Bonchev–Trinajstić information content (AvgIpc) is 2.29. The zero-order chi connectivity index (χ0) is 14.5. The van der Waals surface area contributed by atoms with Gasteiger partial charge in [0.1, 0.15) is 5.60 Å². The molecule has 0 unspecified atom stereocenters. The summed E-state index contributed by atoms with van der Waals surface area (Å²) < 4.78 is 9.22. The maximum Gasteiger partial charge on any atom is 0.410 e. The van der Waals surface area contributed by atoms with Crippen molar-refractivity contribution < 1.29 is 9.53 Å². The van der Waals surface area contributed by atoms with E-state index in [9.17, 15) is 4.79 Å². The van der Waals surface area contributed by atoms with Crippen molar-refractivity contribution in [2.75, 3.05) is 7.05 Å². The first-order valence-corrected chi connectivity index (χ1v) is 6.96. The maximum absolute atomic E-state index is 11.8. The molecule has 0 radical (unpaired) electrons. The number of benzene rings is 1. The molecule has 0 saturated carbocycles. The van der Waals surface area contributed by atoms with Crippen LogP contribution in [0.25, 0.3) is 0 Å². The Balaban J connectivity index is 2.61. The fraction of sp³-hybridized carbons (Fsp3) is 0.429. The van der Waals surface area contributed by atoms with Crippen LogP contribution in [-0.2, 0) is 11.3 Å². The molecular weight excluding hydrogens is 355 g/mol. The highest BCUT2D eigenvalue weighted by molar-refractivity contribution is 14.1. The van der Waals surface area contributed by atoms with Crippen molar-refractivity contribution in [1.29, 1.82) is 0 Å². The molecule has 0 heterocycles. The number of ether oxygens (including phenoxy) is 1. The molecule has 0 saturated heterocycles. The third kappa shape index (κ3) is 6.04. The van der Waals surface area contributed by atoms with Crippen LogP contribution in [0.5, 0.6) is 0 Å². The van der Waals surface area contributed by atoms with Gasteiger partial charge in [-0.05, 0) is 31.9 Å². The quantitative estimate of drug-likeness (QED) is 0.596. The Morgan fingerprint density at radius 1 is 1.37 bits per heavy atom. The molecule has 1 aromatic carbocycles. The molecule has 0 spiro atoms. The zero-order valence-electron chi connectivity index (χ0n) is 11.7. The van der Waals surface area contributed by atoms with E-state index in [4.69, 9.17) is 4.74 Å². The molecule has 1 amide bonds. The van der Waals surface area contributed by atoms with Gasteiger partial charge in [-0.2, -0.15) is 0 Å². The Kier molecular flexibility index (Phi) is 5.78. The Morgan fingerprint density at radius 2 is 1.95 bits per heavy atom. The molecule has 104 valence electrons. The van der Waals surface area contributed by atoms with Crippen LogP contribution in [0.1, 0.15) is 31.9 Å². The largest absolute Gasteiger partial charge is 0.444 e. The monoisotopic (exact) mass is 374 g/mol. The van der Waals surface area contributed by atoms with Crippen LogP contribution in [-0.4, -0.2) is 29.9 Å².